The zero-order valence-electron chi connectivity index (χ0n) is 11.9. The van der Waals surface area contributed by atoms with Crippen LogP contribution in [0.3, 0.4) is 0 Å². The standard InChI is InChI=1S/C15H7ClF6O3/c16-11-6-9(2-4-13(11)25-15(20,21)22)24-12-3-1-8(7-23)5-10(12)14(17,18)19/h1-7H. The van der Waals surface area contributed by atoms with Crippen LogP contribution in [-0.4, -0.2) is 12.6 Å². The van der Waals surface area contributed by atoms with E-state index in [2.05, 4.69) is 4.74 Å². The Bertz CT molecular complexity index is 786. The van der Waals surface area contributed by atoms with E-state index in [9.17, 15) is 31.1 Å². The number of benzene rings is 2. The summed E-state index contributed by atoms with van der Waals surface area (Å²) in [6.45, 7) is 0. The molecule has 25 heavy (non-hydrogen) atoms. The molecule has 2 aromatic rings. The van der Waals surface area contributed by atoms with Crippen molar-refractivity contribution in [3.05, 3.63) is 52.5 Å². The summed E-state index contributed by atoms with van der Waals surface area (Å²) >= 11 is 5.61. The second kappa shape index (κ2) is 6.83. The predicted octanol–water partition coefficient (Wildman–Crippen LogP) is 5.86. The van der Waals surface area contributed by atoms with Crippen LogP contribution in [0, 0.1) is 0 Å². The van der Waals surface area contributed by atoms with Gasteiger partial charge < -0.3 is 9.47 Å². The molecule has 0 saturated carbocycles. The summed E-state index contributed by atoms with van der Waals surface area (Å²) in [5.41, 5.74) is -1.43. The summed E-state index contributed by atoms with van der Waals surface area (Å²) in [4.78, 5) is 10.6. The Morgan fingerprint density at radius 3 is 2.08 bits per heavy atom. The van der Waals surface area contributed by atoms with E-state index in [0.717, 1.165) is 30.3 Å². The lowest BCUT2D eigenvalue weighted by Crippen LogP contribution is -2.17. The molecule has 0 bridgehead atoms. The lowest BCUT2D eigenvalue weighted by Gasteiger charge is -2.15. The lowest BCUT2D eigenvalue weighted by atomic mass is 10.1. The van der Waals surface area contributed by atoms with Gasteiger partial charge in [0.1, 0.15) is 23.5 Å². The number of hydrogen-bond donors (Lipinski definition) is 0. The van der Waals surface area contributed by atoms with Gasteiger partial charge in [0.25, 0.3) is 0 Å². The van der Waals surface area contributed by atoms with Crippen molar-refractivity contribution in [2.24, 2.45) is 0 Å². The van der Waals surface area contributed by atoms with Crippen molar-refractivity contribution in [1.82, 2.24) is 0 Å². The zero-order chi connectivity index (χ0) is 18.8. The molecule has 2 aromatic carbocycles. The van der Waals surface area contributed by atoms with Crippen molar-refractivity contribution in [2.75, 3.05) is 0 Å². The van der Waals surface area contributed by atoms with Gasteiger partial charge in [0.2, 0.25) is 0 Å². The van der Waals surface area contributed by atoms with Crippen LogP contribution >= 0.6 is 11.6 Å². The average Bonchev–Trinajstić information content (AvgIpc) is 2.48. The minimum atomic E-state index is -4.97. The quantitative estimate of drug-likeness (QED) is 0.489. The Kier molecular flexibility index (Phi) is 5.17. The smallest absolute Gasteiger partial charge is 0.457 e. The molecule has 0 atom stereocenters. The summed E-state index contributed by atoms with van der Waals surface area (Å²) in [6.07, 6.45) is -9.54. The maximum atomic E-state index is 13.0. The molecule has 3 nitrogen and oxygen atoms in total. The Morgan fingerprint density at radius 2 is 1.56 bits per heavy atom. The van der Waals surface area contributed by atoms with Gasteiger partial charge in [-0.2, -0.15) is 13.2 Å². The van der Waals surface area contributed by atoms with E-state index in [1.54, 1.807) is 0 Å². The van der Waals surface area contributed by atoms with E-state index in [1.807, 2.05) is 0 Å². The summed E-state index contributed by atoms with van der Waals surface area (Å²) in [5, 5.41) is -0.507. The molecule has 0 aliphatic heterocycles. The van der Waals surface area contributed by atoms with E-state index >= 15 is 0 Å². The molecule has 0 saturated heterocycles. The summed E-state index contributed by atoms with van der Waals surface area (Å²) in [7, 11) is 0. The molecule has 134 valence electrons. The van der Waals surface area contributed by atoms with Crippen molar-refractivity contribution in [3.63, 3.8) is 0 Å². The number of alkyl halides is 6. The number of rotatable bonds is 4. The Balaban J connectivity index is 2.34. The van der Waals surface area contributed by atoms with Gasteiger partial charge in [-0.3, -0.25) is 4.79 Å². The van der Waals surface area contributed by atoms with Crippen LogP contribution in [-0.2, 0) is 6.18 Å². The normalized spacial score (nSPS) is 12.0. The summed E-state index contributed by atoms with van der Waals surface area (Å²) in [5.74, 6) is -1.61. The first kappa shape index (κ1) is 18.9. The van der Waals surface area contributed by atoms with Crippen molar-refractivity contribution < 1.29 is 40.6 Å². The minimum absolute atomic E-state index is 0.216. The zero-order valence-corrected chi connectivity index (χ0v) is 12.7. The molecule has 0 aromatic heterocycles. The van der Waals surface area contributed by atoms with Gasteiger partial charge in [-0.1, -0.05) is 11.6 Å². The molecule has 0 unspecified atom stereocenters. The van der Waals surface area contributed by atoms with Gasteiger partial charge in [0.15, 0.2) is 0 Å². The first-order valence-electron chi connectivity index (χ1n) is 6.39. The number of ether oxygens (including phenoxy) is 2. The van der Waals surface area contributed by atoms with Gasteiger partial charge >= 0.3 is 12.5 Å². The van der Waals surface area contributed by atoms with Gasteiger partial charge in [-0.15, -0.1) is 13.2 Å². The second-order valence-corrected chi connectivity index (χ2v) is 5.02. The molecule has 0 aliphatic rings. The third-order valence-corrected chi connectivity index (χ3v) is 3.10. The highest BCUT2D eigenvalue weighted by Gasteiger charge is 2.35. The van der Waals surface area contributed by atoms with Gasteiger partial charge in [0, 0.05) is 11.6 Å². The van der Waals surface area contributed by atoms with Gasteiger partial charge in [0.05, 0.1) is 10.6 Å². The highest BCUT2D eigenvalue weighted by Crippen LogP contribution is 2.40. The molecule has 0 amide bonds. The third-order valence-electron chi connectivity index (χ3n) is 2.80. The maximum Gasteiger partial charge on any atom is 0.573 e. The molecule has 0 fully saturated rings. The largest absolute Gasteiger partial charge is 0.573 e. The second-order valence-electron chi connectivity index (χ2n) is 4.61. The number of aldehydes is 1. The van der Waals surface area contributed by atoms with Crippen molar-refractivity contribution in [1.29, 1.82) is 0 Å². The maximum absolute atomic E-state index is 13.0. The van der Waals surface area contributed by atoms with Crippen LogP contribution in [0.4, 0.5) is 26.3 Å². The fourth-order valence-corrected chi connectivity index (χ4v) is 2.02. The average molecular weight is 385 g/mol. The minimum Gasteiger partial charge on any atom is -0.457 e. The van der Waals surface area contributed by atoms with E-state index in [4.69, 9.17) is 16.3 Å². The number of halogens is 7. The van der Waals surface area contributed by atoms with Crippen LogP contribution in [0.1, 0.15) is 15.9 Å². The molecule has 2 rings (SSSR count). The van der Waals surface area contributed by atoms with Crippen molar-refractivity contribution >= 4 is 17.9 Å². The molecule has 0 spiro atoms. The number of carbonyl (C=O) groups excluding carboxylic acids is 1. The lowest BCUT2D eigenvalue weighted by molar-refractivity contribution is -0.274. The first-order chi connectivity index (χ1) is 11.5. The van der Waals surface area contributed by atoms with Crippen molar-refractivity contribution in [3.8, 4) is 17.2 Å². The highest BCUT2D eigenvalue weighted by atomic mass is 35.5. The van der Waals surface area contributed by atoms with E-state index in [-0.39, 0.29) is 17.6 Å². The van der Waals surface area contributed by atoms with Crippen LogP contribution in [0.25, 0.3) is 0 Å². The van der Waals surface area contributed by atoms with E-state index in [0.29, 0.717) is 6.07 Å². The molecule has 0 aliphatic carbocycles. The molecule has 0 N–H and O–H groups in total. The van der Waals surface area contributed by atoms with Crippen LogP contribution in [0.5, 0.6) is 17.2 Å². The molecule has 0 radical (unpaired) electrons. The SMILES string of the molecule is O=Cc1ccc(Oc2ccc(OC(F)(F)F)c(Cl)c2)c(C(F)(F)F)c1. The molecule has 10 heteroatoms. The van der Waals surface area contributed by atoms with Crippen LogP contribution < -0.4 is 9.47 Å². The number of hydrogen-bond acceptors (Lipinski definition) is 3. The molecule has 0 heterocycles. The van der Waals surface area contributed by atoms with Crippen molar-refractivity contribution in [2.45, 2.75) is 12.5 Å². The van der Waals surface area contributed by atoms with Crippen LogP contribution in [0.2, 0.25) is 5.02 Å². The Labute approximate surface area is 141 Å². The summed E-state index contributed by atoms with van der Waals surface area (Å²) < 4.78 is 84.2. The van der Waals surface area contributed by atoms with Gasteiger partial charge in [-0.25, -0.2) is 0 Å². The molecular formula is C15H7ClF6O3. The Morgan fingerprint density at radius 1 is 0.920 bits per heavy atom. The fraction of sp³-hybridized carbons (Fsp3) is 0.133. The van der Waals surface area contributed by atoms with Crippen LogP contribution in [0.15, 0.2) is 36.4 Å². The summed E-state index contributed by atoms with van der Waals surface area (Å²) in [6, 6.07) is 5.24. The first-order valence-corrected chi connectivity index (χ1v) is 6.77. The Hall–Kier alpha value is -2.42. The number of carbonyl (C=O) groups is 1. The molecular weight excluding hydrogens is 378 g/mol. The van der Waals surface area contributed by atoms with E-state index in [1.165, 1.54) is 0 Å². The highest BCUT2D eigenvalue weighted by molar-refractivity contribution is 6.32. The fourth-order valence-electron chi connectivity index (χ4n) is 1.81. The van der Waals surface area contributed by atoms with Gasteiger partial charge in [-0.05, 0) is 30.3 Å². The monoisotopic (exact) mass is 384 g/mol. The topological polar surface area (TPSA) is 35.5 Å². The van der Waals surface area contributed by atoms with E-state index < -0.39 is 34.6 Å². The predicted molar refractivity (Wildman–Crippen MR) is 75.0 cm³/mol. The third kappa shape index (κ3) is 5.02.